The standard InChI is InChI=1S/C20H24N2O4S/c23-20(22-13-3-1-2-4-14-22)12-9-17-7-10-19(11-8-17)27(24,25)21-16-18-6-5-15-26-18/h5-12,15,21H,1-4,13-14,16H2/b12-9+. The van der Waals surface area contributed by atoms with E-state index >= 15 is 0 Å². The highest BCUT2D eigenvalue weighted by Crippen LogP contribution is 2.14. The number of likely N-dealkylation sites (tertiary alicyclic amines) is 1. The molecule has 7 heteroatoms. The van der Waals surface area contributed by atoms with Crippen molar-refractivity contribution in [1.82, 2.24) is 9.62 Å². The van der Waals surface area contributed by atoms with Crippen molar-refractivity contribution < 1.29 is 17.6 Å². The van der Waals surface area contributed by atoms with Crippen LogP contribution in [0.25, 0.3) is 6.08 Å². The first-order valence-corrected chi connectivity index (χ1v) is 10.6. The lowest BCUT2D eigenvalue weighted by Crippen LogP contribution is -2.30. The number of rotatable bonds is 6. The van der Waals surface area contributed by atoms with E-state index in [2.05, 4.69) is 4.72 Å². The van der Waals surface area contributed by atoms with Gasteiger partial charge in [0.1, 0.15) is 5.76 Å². The summed E-state index contributed by atoms with van der Waals surface area (Å²) in [6.45, 7) is 1.71. The lowest BCUT2D eigenvalue weighted by Gasteiger charge is -2.17. The maximum absolute atomic E-state index is 12.3. The van der Waals surface area contributed by atoms with Crippen molar-refractivity contribution in [3.63, 3.8) is 0 Å². The first-order chi connectivity index (χ1) is 13.0. The van der Waals surface area contributed by atoms with Crippen molar-refractivity contribution >= 4 is 22.0 Å². The summed E-state index contributed by atoms with van der Waals surface area (Å²) >= 11 is 0. The molecule has 1 saturated heterocycles. The van der Waals surface area contributed by atoms with Crippen LogP contribution in [0.1, 0.15) is 37.0 Å². The van der Waals surface area contributed by atoms with E-state index in [0.717, 1.165) is 31.5 Å². The van der Waals surface area contributed by atoms with Crippen LogP contribution in [-0.2, 0) is 21.4 Å². The summed E-state index contributed by atoms with van der Waals surface area (Å²) in [5.74, 6) is 0.555. The largest absolute Gasteiger partial charge is 0.468 e. The van der Waals surface area contributed by atoms with Crippen molar-refractivity contribution in [2.75, 3.05) is 13.1 Å². The Hall–Kier alpha value is -2.38. The van der Waals surface area contributed by atoms with Gasteiger partial charge in [0, 0.05) is 19.2 Å². The Morgan fingerprint density at radius 1 is 1.07 bits per heavy atom. The Morgan fingerprint density at radius 2 is 1.78 bits per heavy atom. The second kappa shape index (κ2) is 9.01. The van der Waals surface area contributed by atoms with Crippen LogP contribution in [0.5, 0.6) is 0 Å². The number of amides is 1. The third kappa shape index (κ3) is 5.55. The number of benzene rings is 1. The van der Waals surface area contributed by atoms with E-state index in [-0.39, 0.29) is 17.3 Å². The predicted octanol–water partition coefficient (Wildman–Crippen LogP) is 3.17. The van der Waals surface area contributed by atoms with Gasteiger partial charge in [-0.25, -0.2) is 13.1 Å². The number of furan rings is 1. The maximum Gasteiger partial charge on any atom is 0.246 e. The molecule has 1 aromatic carbocycles. The van der Waals surface area contributed by atoms with E-state index in [0.29, 0.717) is 5.76 Å². The third-order valence-corrected chi connectivity index (χ3v) is 5.96. The Bertz CT molecular complexity index is 863. The molecule has 0 unspecified atom stereocenters. The highest BCUT2D eigenvalue weighted by Gasteiger charge is 2.15. The average Bonchev–Trinajstić information content (AvgIpc) is 3.05. The van der Waals surface area contributed by atoms with Gasteiger partial charge in [0.25, 0.3) is 0 Å². The molecule has 1 aliphatic heterocycles. The van der Waals surface area contributed by atoms with Gasteiger partial charge in [0.2, 0.25) is 15.9 Å². The fraction of sp³-hybridized carbons (Fsp3) is 0.350. The molecule has 0 saturated carbocycles. The van der Waals surface area contributed by atoms with Crippen LogP contribution in [0.3, 0.4) is 0 Å². The molecule has 1 aromatic heterocycles. The smallest absolute Gasteiger partial charge is 0.246 e. The number of sulfonamides is 1. The van der Waals surface area contributed by atoms with Crippen LogP contribution in [0.4, 0.5) is 0 Å². The van der Waals surface area contributed by atoms with Crippen molar-refractivity contribution in [2.45, 2.75) is 37.1 Å². The molecular weight excluding hydrogens is 364 g/mol. The number of hydrogen-bond donors (Lipinski definition) is 1. The zero-order chi connectivity index (χ0) is 19.1. The summed E-state index contributed by atoms with van der Waals surface area (Å²) in [5, 5.41) is 0. The molecule has 0 bridgehead atoms. The minimum absolute atomic E-state index is 0.00807. The van der Waals surface area contributed by atoms with Crippen LogP contribution in [0.2, 0.25) is 0 Å². The van der Waals surface area contributed by atoms with E-state index in [1.54, 1.807) is 36.4 Å². The van der Waals surface area contributed by atoms with Crippen LogP contribution in [0, 0.1) is 0 Å². The van der Waals surface area contributed by atoms with Gasteiger partial charge >= 0.3 is 0 Å². The van der Waals surface area contributed by atoms with E-state index in [9.17, 15) is 13.2 Å². The summed E-state index contributed by atoms with van der Waals surface area (Å²) in [5.41, 5.74) is 0.781. The lowest BCUT2D eigenvalue weighted by molar-refractivity contribution is -0.125. The molecule has 2 heterocycles. The van der Waals surface area contributed by atoms with E-state index < -0.39 is 10.0 Å². The molecule has 1 N–H and O–H groups in total. The molecule has 0 spiro atoms. The fourth-order valence-corrected chi connectivity index (χ4v) is 3.98. The van der Waals surface area contributed by atoms with Crippen molar-refractivity contribution in [2.24, 2.45) is 0 Å². The average molecular weight is 388 g/mol. The molecule has 3 rings (SSSR count). The maximum atomic E-state index is 12.3. The van der Waals surface area contributed by atoms with Gasteiger partial charge in [-0.05, 0) is 48.7 Å². The molecule has 6 nitrogen and oxygen atoms in total. The van der Waals surface area contributed by atoms with E-state index in [1.165, 1.54) is 31.2 Å². The normalized spacial score (nSPS) is 15.8. The lowest BCUT2D eigenvalue weighted by atomic mass is 10.2. The van der Waals surface area contributed by atoms with Crippen LogP contribution in [0.15, 0.2) is 58.1 Å². The van der Waals surface area contributed by atoms with Gasteiger partial charge in [-0.1, -0.05) is 25.0 Å². The zero-order valence-corrected chi connectivity index (χ0v) is 16.0. The Kier molecular flexibility index (Phi) is 6.47. The molecule has 1 fully saturated rings. The van der Waals surface area contributed by atoms with Gasteiger partial charge in [-0.3, -0.25) is 4.79 Å². The first-order valence-electron chi connectivity index (χ1n) is 9.14. The van der Waals surface area contributed by atoms with Crippen LogP contribution in [-0.4, -0.2) is 32.3 Å². The van der Waals surface area contributed by atoms with E-state index in [4.69, 9.17) is 4.42 Å². The minimum atomic E-state index is -3.61. The van der Waals surface area contributed by atoms with Crippen molar-refractivity contribution in [3.8, 4) is 0 Å². The molecule has 27 heavy (non-hydrogen) atoms. The Morgan fingerprint density at radius 3 is 2.41 bits per heavy atom. The van der Waals surface area contributed by atoms with Gasteiger partial charge in [-0.15, -0.1) is 0 Å². The number of nitrogens with one attached hydrogen (secondary N) is 1. The number of hydrogen-bond acceptors (Lipinski definition) is 4. The first kappa shape index (κ1) is 19.4. The van der Waals surface area contributed by atoms with Gasteiger partial charge in [0.05, 0.1) is 17.7 Å². The van der Waals surface area contributed by atoms with Crippen molar-refractivity contribution in [3.05, 3.63) is 60.1 Å². The third-order valence-electron chi connectivity index (χ3n) is 4.54. The zero-order valence-electron chi connectivity index (χ0n) is 15.1. The molecule has 0 radical (unpaired) electrons. The van der Waals surface area contributed by atoms with Gasteiger partial charge in [0.15, 0.2) is 0 Å². The number of carbonyl (C=O) groups excluding carboxylic acids is 1. The molecular formula is C20H24N2O4S. The summed E-state index contributed by atoms with van der Waals surface area (Å²) in [4.78, 5) is 14.3. The second-order valence-corrected chi connectivity index (χ2v) is 8.31. The molecule has 0 atom stereocenters. The highest BCUT2D eigenvalue weighted by molar-refractivity contribution is 7.89. The molecule has 0 aliphatic carbocycles. The summed E-state index contributed by atoms with van der Waals surface area (Å²) in [7, 11) is -3.61. The molecule has 1 amide bonds. The highest BCUT2D eigenvalue weighted by atomic mass is 32.2. The summed E-state index contributed by atoms with van der Waals surface area (Å²) < 4.78 is 32.2. The number of nitrogens with zero attached hydrogens (tertiary/aromatic N) is 1. The SMILES string of the molecule is O=C(/C=C/c1ccc(S(=O)(=O)NCc2ccco2)cc1)N1CCCCCC1. The topological polar surface area (TPSA) is 79.6 Å². The van der Waals surface area contributed by atoms with Gasteiger partial charge in [-0.2, -0.15) is 0 Å². The molecule has 2 aromatic rings. The molecule has 144 valence electrons. The van der Waals surface area contributed by atoms with Crippen molar-refractivity contribution in [1.29, 1.82) is 0 Å². The quantitative estimate of drug-likeness (QED) is 0.771. The number of carbonyl (C=O) groups is 1. The van der Waals surface area contributed by atoms with Gasteiger partial charge < -0.3 is 9.32 Å². The Labute approximate surface area is 159 Å². The van der Waals surface area contributed by atoms with E-state index in [1.807, 2.05) is 4.90 Å². The summed E-state index contributed by atoms with van der Waals surface area (Å²) in [6, 6.07) is 9.85. The minimum Gasteiger partial charge on any atom is -0.468 e. The monoisotopic (exact) mass is 388 g/mol. The second-order valence-electron chi connectivity index (χ2n) is 6.55. The molecule has 1 aliphatic rings. The fourth-order valence-electron chi connectivity index (χ4n) is 2.98. The van der Waals surface area contributed by atoms with Crippen LogP contribution >= 0.6 is 0 Å². The Balaban J connectivity index is 1.59. The van der Waals surface area contributed by atoms with Crippen LogP contribution < -0.4 is 4.72 Å². The summed E-state index contributed by atoms with van der Waals surface area (Å²) in [6.07, 6.45) is 9.24. The predicted molar refractivity (Wildman–Crippen MR) is 103 cm³/mol.